The second kappa shape index (κ2) is 7.48. The lowest BCUT2D eigenvalue weighted by atomic mass is 10.0. The molecule has 1 aromatic rings. The summed E-state index contributed by atoms with van der Waals surface area (Å²) >= 11 is 0. The van der Waals surface area contributed by atoms with Crippen LogP contribution in [0.2, 0.25) is 0 Å². The molecule has 2 heterocycles. The number of aliphatic imine (C=N–C) groups is 1. The SMILES string of the molecule is COC1=CC=C(c2ccc3c(c2)CCC3=O)N2C1=NC(C1(COC(=O)N(C)C)CC1)N2C. The van der Waals surface area contributed by atoms with Crippen LogP contribution in [0, 0.1) is 5.41 Å². The Balaban J connectivity index is 1.45. The van der Waals surface area contributed by atoms with E-state index in [-0.39, 0.29) is 23.5 Å². The number of aryl methyl sites for hydroxylation is 1. The van der Waals surface area contributed by atoms with Crippen LogP contribution in [0.3, 0.4) is 0 Å². The quantitative estimate of drug-likeness (QED) is 0.706. The van der Waals surface area contributed by atoms with Gasteiger partial charge in [0.1, 0.15) is 12.8 Å². The molecule has 8 nitrogen and oxygen atoms in total. The Labute approximate surface area is 187 Å². The van der Waals surface area contributed by atoms with Gasteiger partial charge in [0.25, 0.3) is 0 Å². The molecule has 1 fully saturated rings. The summed E-state index contributed by atoms with van der Waals surface area (Å²) in [6.45, 7) is 0.329. The van der Waals surface area contributed by atoms with Crippen LogP contribution < -0.4 is 0 Å². The molecule has 32 heavy (non-hydrogen) atoms. The Morgan fingerprint density at radius 2 is 2.03 bits per heavy atom. The first-order valence-electron chi connectivity index (χ1n) is 10.9. The highest BCUT2D eigenvalue weighted by Gasteiger charge is 2.57. The van der Waals surface area contributed by atoms with Crippen molar-refractivity contribution in [1.82, 2.24) is 14.9 Å². The normalized spacial score (nSPS) is 23.1. The molecule has 1 aromatic carbocycles. The number of rotatable bonds is 5. The van der Waals surface area contributed by atoms with E-state index in [4.69, 9.17) is 14.5 Å². The van der Waals surface area contributed by atoms with Gasteiger partial charge in [-0.2, -0.15) is 5.01 Å². The molecule has 4 aliphatic rings. The number of methoxy groups -OCH3 is 1. The molecule has 168 valence electrons. The average Bonchev–Trinajstić information content (AvgIpc) is 3.37. The second-order valence-electron chi connectivity index (χ2n) is 9.11. The maximum absolute atomic E-state index is 12.1. The number of ketones is 1. The van der Waals surface area contributed by atoms with E-state index in [1.165, 1.54) is 4.90 Å². The highest BCUT2D eigenvalue weighted by Crippen LogP contribution is 2.53. The zero-order chi connectivity index (χ0) is 22.6. The van der Waals surface area contributed by atoms with Crippen molar-refractivity contribution in [2.45, 2.75) is 31.8 Å². The van der Waals surface area contributed by atoms with Gasteiger partial charge < -0.3 is 14.4 Å². The predicted octanol–water partition coefficient (Wildman–Crippen LogP) is 3.07. The lowest BCUT2D eigenvalue weighted by molar-refractivity contribution is 0.0264. The lowest BCUT2D eigenvalue weighted by Crippen LogP contribution is -2.46. The second-order valence-corrected chi connectivity index (χ2v) is 9.11. The molecule has 2 aliphatic heterocycles. The number of hydrazine groups is 1. The molecule has 1 unspecified atom stereocenters. The van der Waals surface area contributed by atoms with Crippen molar-refractivity contribution >= 4 is 23.4 Å². The summed E-state index contributed by atoms with van der Waals surface area (Å²) in [6.07, 6.45) is 6.72. The largest absolute Gasteiger partial charge is 0.493 e. The molecule has 0 N–H and O–H groups in total. The van der Waals surface area contributed by atoms with E-state index in [0.717, 1.165) is 47.5 Å². The van der Waals surface area contributed by atoms with Crippen LogP contribution in [0.25, 0.3) is 5.70 Å². The standard InChI is InChI=1S/C24H28N4O4/c1-26(2)23(30)32-14-24(11-12-24)22-25-21-20(31-4)10-8-18(28(21)27(22)3)16-5-7-17-15(13-16)6-9-19(17)29/h5,7-8,10,13,22H,6,9,11-12,14H2,1-4H3. The van der Waals surface area contributed by atoms with Crippen molar-refractivity contribution in [2.75, 3.05) is 34.9 Å². The summed E-state index contributed by atoms with van der Waals surface area (Å²) in [6, 6.07) is 6.05. The molecule has 0 saturated heterocycles. The minimum atomic E-state index is -0.340. The van der Waals surface area contributed by atoms with Crippen molar-refractivity contribution < 1.29 is 19.1 Å². The molecule has 0 spiro atoms. The maximum Gasteiger partial charge on any atom is 0.409 e. The van der Waals surface area contributed by atoms with E-state index in [9.17, 15) is 9.59 Å². The van der Waals surface area contributed by atoms with Crippen molar-refractivity contribution in [1.29, 1.82) is 0 Å². The summed E-state index contributed by atoms with van der Waals surface area (Å²) in [5, 5.41) is 4.19. The van der Waals surface area contributed by atoms with E-state index in [0.29, 0.717) is 18.8 Å². The average molecular weight is 437 g/mol. The summed E-state index contributed by atoms with van der Waals surface area (Å²) in [7, 11) is 7.02. The summed E-state index contributed by atoms with van der Waals surface area (Å²) in [4.78, 5) is 30.5. The molecular weight excluding hydrogens is 408 g/mol. The fourth-order valence-corrected chi connectivity index (χ4v) is 4.76. The van der Waals surface area contributed by atoms with Crippen molar-refractivity contribution in [3.63, 3.8) is 0 Å². The zero-order valence-corrected chi connectivity index (χ0v) is 18.9. The van der Waals surface area contributed by atoms with Crippen LogP contribution in [-0.4, -0.2) is 73.7 Å². The van der Waals surface area contributed by atoms with Gasteiger partial charge in [-0.05, 0) is 43.0 Å². The number of nitrogens with zero attached hydrogens (tertiary/aromatic N) is 4. The van der Waals surface area contributed by atoms with Crippen LogP contribution in [0.1, 0.15) is 40.7 Å². The van der Waals surface area contributed by atoms with E-state index >= 15 is 0 Å². The number of hydrogen-bond acceptors (Lipinski definition) is 7. The molecule has 5 rings (SSSR count). The number of benzene rings is 1. The molecule has 1 amide bonds. The van der Waals surface area contributed by atoms with Gasteiger partial charge >= 0.3 is 6.09 Å². The number of carbonyl (C=O) groups excluding carboxylic acids is 2. The molecule has 0 bridgehead atoms. The number of hydrogen-bond donors (Lipinski definition) is 0. The molecule has 8 heteroatoms. The van der Waals surface area contributed by atoms with E-state index in [1.54, 1.807) is 21.2 Å². The summed E-state index contributed by atoms with van der Waals surface area (Å²) in [5.41, 5.74) is 3.74. The number of carbonyl (C=O) groups is 2. The lowest BCUT2D eigenvalue weighted by Gasteiger charge is -2.36. The van der Waals surface area contributed by atoms with Gasteiger partial charge in [0.05, 0.1) is 12.8 Å². The highest BCUT2D eigenvalue weighted by atomic mass is 16.6. The van der Waals surface area contributed by atoms with Crippen molar-refractivity contribution in [2.24, 2.45) is 10.4 Å². The Morgan fingerprint density at radius 3 is 2.72 bits per heavy atom. The molecule has 1 atom stereocenters. The summed E-state index contributed by atoms with van der Waals surface area (Å²) < 4.78 is 11.2. The highest BCUT2D eigenvalue weighted by molar-refractivity contribution is 6.05. The number of amides is 1. The number of amidine groups is 1. The zero-order valence-electron chi connectivity index (χ0n) is 18.9. The van der Waals surface area contributed by atoms with Gasteiger partial charge in [0.15, 0.2) is 17.4 Å². The smallest absolute Gasteiger partial charge is 0.409 e. The Bertz CT molecular complexity index is 1080. The van der Waals surface area contributed by atoms with Gasteiger partial charge in [0.2, 0.25) is 0 Å². The molecule has 2 aliphatic carbocycles. The molecule has 1 saturated carbocycles. The van der Waals surface area contributed by atoms with Crippen LogP contribution in [-0.2, 0) is 15.9 Å². The van der Waals surface area contributed by atoms with Crippen LogP contribution >= 0.6 is 0 Å². The van der Waals surface area contributed by atoms with Crippen molar-refractivity contribution in [3.8, 4) is 0 Å². The Kier molecular flexibility index (Phi) is 4.85. The molecule has 0 aromatic heterocycles. The van der Waals surface area contributed by atoms with Gasteiger partial charge in [-0.15, -0.1) is 0 Å². The van der Waals surface area contributed by atoms with Crippen molar-refractivity contribution in [3.05, 3.63) is 52.8 Å². The minimum Gasteiger partial charge on any atom is -0.493 e. The third-order valence-electron chi connectivity index (χ3n) is 6.79. The van der Waals surface area contributed by atoms with Gasteiger partial charge in [-0.1, -0.05) is 12.1 Å². The number of Topliss-reactive ketones (excluding diaryl/α,β-unsaturated/α-hetero) is 1. The topological polar surface area (TPSA) is 74.7 Å². The monoisotopic (exact) mass is 436 g/mol. The first-order valence-corrected chi connectivity index (χ1v) is 10.9. The van der Waals surface area contributed by atoms with Gasteiger partial charge in [-0.3, -0.25) is 9.80 Å². The van der Waals surface area contributed by atoms with Crippen LogP contribution in [0.4, 0.5) is 4.79 Å². The third kappa shape index (κ3) is 3.21. The van der Waals surface area contributed by atoms with E-state index in [2.05, 4.69) is 16.1 Å². The number of fused-ring (bicyclic) bond motifs is 2. The Hall–Kier alpha value is -3.13. The number of allylic oxidation sites excluding steroid dienone is 2. The summed E-state index contributed by atoms with van der Waals surface area (Å²) in [5.74, 6) is 1.66. The number of ether oxygens (including phenoxy) is 2. The first-order chi connectivity index (χ1) is 15.3. The van der Waals surface area contributed by atoms with Crippen LogP contribution in [0.5, 0.6) is 0 Å². The van der Waals surface area contributed by atoms with Crippen LogP contribution in [0.15, 0.2) is 41.1 Å². The van der Waals surface area contributed by atoms with E-state index < -0.39 is 0 Å². The fraction of sp³-hybridized carbons (Fsp3) is 0.458. The maximum atomic E-state index is 12.1. The first kappa shape index (κ1) is 20.8. The Morgan fingerprint density at radius 1 is 1.25 bits per heavy atom. The fourth-order valence-electron chi connectivity index (χ4n) is 4.76. The van der Waals surface area contributed by atoms with E-state index in [1.807, 2.05) is 31.3 Å². The molecular formula is C24H28N4O4. The third-order valence-corrected chi connectivity index (χ3v) is 6.79. The van der Waals surface area contributed by atoms with Gasteiger partial charge in [0, 0.05) is 44.1 Å². The van der Waals surface area contributed by atoms with Gasteiger partial charge in [-0.25, -0.2) is 9.79 Å². The molecule has 0 radical (unpaired) electrons. The minimum absolute atomic E-state index is 0.163. The predicted molar refractivity (Wildman–Crippen MR) is 120 cm³/mol.